The van der Waals surface area contributed by atoms with E-state index in [4.69, 9.17) is 0 Å². The minimum absolute atomic E-state index is 0.0516. The van der Waals surface area contributed by atoms with Gasteiger partial charge in [-0.1, -0.05) is 60.7 Å². The Morgan fingerprint density at radius 2 is 1.60 bits per heavy atom. The summed E-state index contributed by atoms with van der Waals surface area (Å²) in [5.74, 6) is -0.483. The third-order valence-corrected chi connectivity index (χ3v) is 5.22. The van der Waals surface area contributed by atoms with Crippen LogP contribution in [0.5, 0.6) is 0 Å². The first kappa shape index (κ1) is 21.7. The maximum absolute atomic E-state index is 12.5. The molecule has 1 aliphatic rings. The van der Waals surface area contributed by atoms with E-state index in [0.717, 1.165) is 43.9 Å². The minimum Gasteiger partial charge on any atom is -0.346 e. The van der Waals surface area contributed by atoms with Crippen LogP contribution in [0, 0.1) is 0 Å². The number of carbonyl (C=O) groups is 2. The van der Waals surface area contributed by atoms with Gasteiger partial charge in [0.15, 0.2) is 0 Å². The summed E-state index contributed by atoms with van der Waals surface area (Å²) in [6.07, 6.45) is 3.18. The zero-order chi connectivity index (χ0) is 21.2. The molecule has 2 amide bonds. The Kier molecular flexibility index (Phi) is 8.18. The Bertz CT molecular complexity index is 831. The lowest BCUT2D eigenvalue weighted by Crippen LogP contribution is -2.48. The van der Waals surface area contributed by atoms with Gasteiger partial charge in [-0.3, -0.25) is 14.5 Å². The second-order valence-corrected chi connectivity index (χ2v) is 7.60. The number of hydrogen-bond donors (Lipinski definition) is 2. The van der Waals surface area contributed by atoms with Crippen molar-refractivity contribution < 1.29 is 9.59 Å². The summed E-state index contributed by atoms with van der Waals surface area (Å²) in [6, 6.07) is 19.5. The Balaban J connectivity index is 1.52. The maximum atomic E-state index is 12.5. The summed E-state index contributed by atoms with van der Waals surface area (Å²) in [5, 5.41) is 5.75. The normalized spacial score (nSPS) is 16.3. The van der Waals surface area contributed by atoms with E-state index < -0.39 is 0 Å². The number of likely N-dealkylation sites (N-methyl/N-ethyl adjacent to an activating group) is 1. The molecular weight excluding hydrogens is 376 g/mol. The van der Waals surface area contributed by atoms with Crippen molar-refractivity contribution in [2.24, 2.45) is 0 Å². The van der Waals surface area contributed by atoms with Crippen molar-refractivity contribution in [3.63, 3.8) is 0 Å². The summed E-state index contributed by atoms with van der Waals surface area (Å²) >= 11 is 0. The van der Waals surface area contributed by atoms with Crippen molar-refractivity contribution in [1.82, 2.24) is 20.4 Å². The Labute approximate surface area is 178 Å². The van der Waals surface area contributed by atoms with Crippen LogP contribution in [-0.4, -0.2) is 67.9 Å². The van der Waals surface area contributed by atoms with Gasteiger partial charge in [-0.25, -0.2) is 0 Å². The van der Waals surface area contributed by atoms with Crippen LogP contribution >= 0.6 is 0 Å². The van der Waals surface area contributed by atoms with E-state index in [-0.39, 0.29) is 24.4 Å². The molecule has 1 atom stereocenters. The zero-order valence-electron chi connectivity index (χ0n) is 17.5. The molecule has 158 valence electrons. The van der Waals surface area contributed by atoms with Crippen LogP contribution in [0.15, 0.2) is 66.7 Å². The van der Waals surface area contributed by atoms with Gasteiger partial charge in [0.05, 0.1) is 12.6 Å². The molecule has 2 aromatic carbocycles. The number of amides is 2. The molecule has 1 aliphatic heterocycles. The number of nitrogens with zero attached hydrogens (tertiary/aromatic N) is 2. The number of rotatable bonds is 8. The maximum Gasteiger partial charge on any atom is 0.244 e. The number of nitrogens with one attached hydrogen (secondary N) is 2. The van der Waals surface area contributed by atoms with Crippen molar-refractivity contribution in [1.29, 1.82) is 0 Å². The van der Waals surface area contributed by atoms with Crippen LogP contribution < -0.4 is 10.6 Å². The summed E-state index contributed by atoms with van der Waals surface area (Å²) in [5.41, 5.74) is 2.01. The summed E-state index contributed by atoms with van der Waals surface area (Å²) in [6.45, 7) is 4.72. The second kappa shape index (κ2) is 11.3. The first-order valence-electron chi connectivity index (χ1n) is 10.4. The minimum atomic E-state index is -0.288. The lowest BCUT2D eigenvalue weighted by molar-refractivity contribution is -0.124. The SMILES string of the molecule is CN1CCN(CC(NC(=O)CNC(=O)/C=C/c2ccccc2)c2ccccc2)CC1. The smallest absolute Gasteiger partial charge is 0.244 e. The molecule has 1 saturated heterocycles. The van der Waals surface area contributed by atoms with Crippen LogP contribution in [0.25, 0.3) is 6.08 Å². The van der Waals surface area contributed by atoms with E-state index in [0.29, 0.717) is 0 Å². The topological polar surface area (TPSA) is 64.7 Å². The summed E-state index contributed by atoms with van der Waals surface area (Å²) < 4.78 is 0. The average molecular weight is 407 g/mol. The average Bonchev–Trinajstić information content (AvgIpc) is 2.78. The molecule has 0 spiro atoms. The molecule has 0 bridgehead atoms. The third-order valence-electron chi connectivity index (χ3n) is 5.22. The summed E-state index contributed by atoms with van der Waals surface area (Å²) in [4.78, 5) is 29.2. The molecule has 0 aliphatic carbocycles. The number of carbonyl (C=O) groups excluding carboxylic acids is 2. The lowest BCUT2D eigenvalue weighted by atomic mass is 10.1. The van der Waals surface area contributed by atoms with Gasteiger partial charge in [-0.05, 0) is 24.3 Å². The molecule has 2 aromatic rings. The molecule has 0 saturated carbocycles. The fourth-order valence-corrected chi connectivity index (χ4v) is 3.42. The molecule has 1 fully saturated rings. The highest BCUT2D eigenvalue weighted by molar-refractivity contribution is 5.94. The molecule has 6 nitrogen and oxygen atoms in total. The van der Waals surface area contributed by atoms with Gasteiger partial charge in [0, 0.05) is 38.8 Å². The van der Waals surface area contributed by atoms with E-state index in [2.05, 4.69) is 27.5 Å². The second-order valence-electron chi connectivity index (χ2n) is 7.60. The standard InChI is InChI=1S/C24H30N4O2/c1-27-14-16-28(17-15-27)19-22(21-10-6-3-7-11-21)26-24(30)18-25-23(29)13-12-20-8-4-2-5-9-20/h2-13,22H,14-19H2,1H3,(H,25,29)(H,26,30)/b13-12+. The van der Waals surface area contributed by atoms with E-state index >= 15 is 0 Å². The highest BCUT2D eigenvalue weighted by Crippen LogP contribution is 2.15. The van der Waals surface area contributed by atoms with Crippen molar-refractivity contribution >= 4 is 17.9 Å². The number of benzene rings is 2. The third kappa shape index (κ3) is 7.13. The number of hydrogen-bond acceptors (Lipinski definition) is 4. The molecule has 6 heteroatoms. The molecule has 1 unspecified atom stereocenters. The van der Waals surface area contributed by atoms with Gasteiger partial charge in [-0.2, -0.15) is 0 Å². The van der Waals surface area contributed by atoms with Crippen LogP contribution in [0.2, 0.25) is 0 Å². The Morgan fingerprint density at radius 1 is 0.967 bits per heavy atom. The predicted octanol–water partition coefficient (Wildman–Crippen LogP) is 1.92. The van der Waals surface area contributed by atoms with E-state index in [9.17, 15) is 9.59 Å². The van der Waals surface area contributed by atoms with E-state index in [1.807, 2.05) is 60.7 Å². The van der Waals surface area contributed by atoms with Crippen LogP contribution in [0.4, 0.5) is 0 Å². The zero-order valence-corrected chi connectivity index (χ0v) is 17.5. The highest BCUT2D eigenvalue weighted by atomic mass is 16.2. The van der Waals surface area contributed by atoms with Gasteiger partial charge < -0.3 is 15.5 Å². The van der Waals surface area contributed by atoms with Gasteiger partial charge in [-0.15, -0.1) is 0 Å². The number of piperazine rings is 1. The van der Waals surface area contributed by atoms with Crippen LogP contribution in [-0.2, 0) is 9.59 Å². The highest BCUT2D eigenvalue weighted by Gasteiger charge is 2.21. The largest absolute Gasteiger partial charge is 0.346 e. The van der Waals surface area contributed by atoms with Crippen molar-refractivity contribution in [3.8, 4) is 0 Å². The predicted molar refractivity (Wildman–Crippen MR) is 120 cm³/mol. The lowest BCUT2D eigenvalue weighted by Gasteiger charge is -2.35. The molecular formula is C24H30N4O2. The molecule has 0 radical (unpaired) electrons. The van der Waals surface area contributed by atoms with Crippen LogP contribution in [0.1, 0.15) is 17.2 Å². The van der Waals surface area contributed by atoms with E-state index in [1.54, 1.807) is 6.08 Å². The van der Waals surface area contributed by atoms with Gasteiger partial charge in [0.25, 0.3) is 0 Å². The molecule has 2 N–H and O–H groups in total. The Hall–Kier alpha value is -2.96. The van der Waals surface area contributed by atoms with E-state index in [1.165, 1.54) is 6.08 Å². The first-order chi connectivity index (χ1) is 14.6. The Morgan fingerprint density at radius 3 is 2.27 bits per heavy atom. The van der Waals surface area contributed by atoms with Gasteiger partial charge in [0.2, 0.25) is 11.8 Å². The molecule has 30 heavy (non-hydrogen) atoms. The van der Waals surface area contributed by atoms with Crippen molar-refractivity contribution in [2.75, 3.05) is 46.3 Å². The summed E-state index contributed by atoms with van der Waals surface area (Å²) in [7, 11) is 2.13. The van der Waals surface area contributed by atoms with Gasteiger partial charge in [0.1, 0.15) is 0 Å². The fourth-order valence-electron chi connectivity index (χ4n) is 3.42. The van der Waals surface area contributed by atoms with Crippen molar-refractivity contribution in [2.45, 2.75) is 6.04 Å². The first-order valence-corrected chi connectivity index (χ1v) is 10.4. The van der Waals surface area contributed by atoms with Crippen molar-refractivity contribution in [3.05, 3.63) is 77.9 Å². The molecule has 3 rings (SSSR count). The van der Waals surface area contributed by atoms with Crippen LogP contribution in [0.3, 0.4) is 0 Å². The molecule has 0 aromatic heterocycles. The monoisotopic (exact) mass is 406 g/mol. The fraction of sp³-hybridized carbons (Fsp3) is 0.333. The van der Waals surface area contributed by atoms with Gasteiger partial charge >= 0.3 is 0 Å². The quantitative estimate of drug-likeness (QED) is 0.658. The molecule has 1 heterocycles.